The van der Waals surface area contributed by atoms with E-state index in [0.29, 0.717) is 12.8 Å². The molecule has 2 aromatic rings. The molecule has 0 fully saturated rings. The largest absolute Gasteiger partial charge is 0.480 e. The average Bonchev–Trinajstić information content (AvgIpc) is 2.66. The monoisotopic (exact) mass is 371 g/mol. The molecule has 5 heteroatoms. The van der Waals surface area contributed by atoms with Gasteiger partial charge in [0.25, 0.3) is 0 Å². The van der Waals surface area contributed by atoms with Crippen LogP contribution in [0.4, 0.5) is 0 Å². The van der Waals surface area contributed by atoms with Crippen molar-refractivity contribution in [3.63, 3.8) is 0 Å². The van der Waals surface area contributed by atoms with Gasteiger partial charge in [-0.2, -0.15) is 11.8 Å². The van der Waals surface area contributed by atoms with E-state index in [1.54, 1.807) is 0 Å². The summed E-state index contributed by atoms with van der Waals surface area (Å²) in [5.74, 6) is 0.00451. The maximum absolute atomic E-state index is 12.1. The minimum Gasteiger partial charge on any atom is -0.480 e. The molecule has 2 rings (SSSR count). The predicted molar refractivity (Wildman–Crippen MR) is 107 cm³/mol. The molecule has 0 aliphatic rings. The third-order valence-corrected chi connectivity index (χ3v) is 5.17. The molecule has 1 amide bonds. The maximum Gasteiger partial charge on any atom is 0.326 e. The molecule has 1 unspecified atom stereocenters. The van der Waals surface area contributed by atoms with E-state index >= 15 is 0 Å². The van der Waals surface area contributed by atoms with Crippen LogP contribution in [0.2, 0.25) is 0 Å². The number of carbonyl (C=O) groups is 2. The van der Waals surface area contributed by atoms with Crippen LogP contribution in [0.3, 0.4) is 0 Å². The third-order valence-electron chi connectivity index (χ3n) is 4.13. The molecule has 0 bridgehead atoms. The predicted octanol–water partition coefficient (Wildman–Crippen LogP) is 3.92. The molecular formula is C21H25NO3S. The van der Waals surface area contributed by atoms with Crippen molar-refractivity contribution in [2.24, 2.45) is 0 Å². The van der Waals surface area contributed by atoms with Gasteiger partial charge in [-0.25, -0.2) is 4.79 Å². The number of carboxylic acid groups (broad SMARTS) is 1. The number of rotatable bonds is 10. The van der Waals surface area contributed by atoms with E-state index in [0.717, 1.165) is 5.75 Å². The van der Waals surface area contributed by atoms with Crippen molar-refractivity contribution in [3.05, 3.63) is 71.8 Å². The molecule has 0 heterocycles. The lowest BCUT2D eigenvalue weighted by atomic mass is 9.93. The highest BCUT2D eigenvalue weighted by Gasteiger charge is 2.19. The zero-order valence-corrected chi connectivity index (χ0v) is 15.7. The smallest absolute Gasteiger partial charge is 0.326 e. The fourth-order valence-electron chi connectivity index (χ4n) is 2.81. The van der Waals surface area contributed by atoms with Crippen LogP contribution >= 0.6 is 11.8 Å². The first-order chi connectivity index (χ1) is 12.6. The van der Waals surface area contributed by atoms with E-state index in [1.165, 1.54) is 22.9 Å². The minimum absolute atomic E-state index is 0.195. The summed E-state index contributed by atoms with van der Waals surface area (Å²) in [4.78, 5) is 23.2. The van der Waals surface area contributed by atoms with Gasteiger partial charge >= 0.3 is 5.97 Å². The molecule has 26 heavy (non-hydrogen) atoms. The summed E-state index contributed by atoms with van der Waals surface area (Å²) >= 11 is 1.53. The number of amides is 1. The molecule has 0 saturated carbocycles. The first-order valence-corrected chi connectivity index (χ1v) is 9.97. The zero-order valence-electron chi connectivity index (χ0n) is 14.9. The van der Waals surface area contributed by atoms with Gasteiger partial charge in [-0.3, -0.25) is 4.79 Å². The standard InChI is InChI=1S/C21H25NO3S/c1-2-9-19(21(24)25)22-20(23)15-26-14-18(16-10-5-3-6-11-16)17-12-7-4-8-13-17/h3-8,10-13,18-19H,2,9,14-15H2,1H3,(H,22,23)(H,24,25). The number of carbonyl (C=O) groups excluding carboxylic acids is 1. The molecule has 2 aromatic carbocycles. The Morgan fingerprint density at radius 2 is 1.54 bits per heavy atom. The van der Waals surface area contributed by atoms with Crippen LogP contribution < -0.4 is 5.32 Å². The normalized spacial score (nSPS) is 11.9. The summed E-state index contributed by atoms with van der Waals surface area (Å²) < 4.78 is 0. The van der Waals surface area contributed by atoms with Crippen LogP contribution in [0.5, 0.6) is 0 Å². The minimum atomic E-state index is -0.975. The fraction of sp³-hybridized carbons (Fsp3) is 0.333. The molecule has 0 aromatic heterocycles. The van der Waals surface area contributed by atoms with Crippen LogP contribution in [0.1, 0.15) is 36.8 Å². The second-order valence-corrected chi connectivity index (χ2v) is 7.17. The maximum atomic E-state index is 12.1. The molecule has 0 aliphatic heterocycles. The summed E-state index contributed by atoms with van der Waals surface area (Å²) in [7, 11) is 0. The van der Waals surface area contributed by atoms with E-state index in [4.69, 9.17) is 5.11 Å². The molecule has 138 valence electrons. The molecule has 0 spiro atoms. The van der Waals surface area contributed by atoms with Crippen LogP contribution in [-0.4, -0.2) is 34.5 Å². The van der Waals surface area contributed by atoms with Crippen LogP contribution in [-0.2, 0) is 9.59 Å². The van der Waals surface area contributed by atoms with Crippen molar-refractivity contribution in [2.75, 3.05) is 11.5 Å². The number of nitrogens with one attached hydrogen (secondary N) is 1. The van der Waals surface area contributed by atoms with Gasteiger partial charge in [0.2, 0.25) is 5.91 Å². The molecule has 4 nitrogen and oxygen atoms in total. The van der Waals surface area contributed by atoms with Gasteiger partial charge in [0.1, 0.15) is 6.04 Å². The highest BCUT2D eigenvalue weighted by atomic mass is 32.2. The highest BCUT2D eigenvalue weighted by Crippen LogP contribution is 2.28. The van der Waals surface area contributed by atoms with Gasteiger partial charge in [0, 0.05) is 11.7 Å². The summed E-state index contributed by atoms with van der Waals surface area (Å²) in [6.07, 6.45) is 1.16. The van der Waals surface area contributed by atoms with Crippen molar-refractivity contribution in [2.45, 2.75) is 31.7 Å². The Hall–Kier alpha value is -2.27. The summed E-state index contributed by atoms with van der Waals surface area (Å²) in [5.41, 5.74) is 2.42. The molecule has 0 saturated heterocycles. The first-order valence-electron chi connectivity index (χ1n) is 8.81. The van der Waals surface area contributed by atoms with Crippen LogP contribution in [0.25, 0.3) is 0 Å². The van der Waals surface area contributed by atoms with Gasteiger partial charge in [0.15, 0.2) is 0 Å². The van der Waals surface area contributed by atoms with Gasteiger partial charge in [0.05, 0.1) is 5.75 Å². The number of thioether (sulfide) groups is 1. The van der Waals surface area contributed by atoms with Crippen molar-refractivity contribution in [1.29, 1.82) is 0 Å². The SMILES string of the molecule is CCCC(NC(=O)CSCC(c1ccccc1)c1ccccc1)C(=O)O. The number of aliphatic carboxylic acids is 1. The van der Waals surface area contributed by atoms with Crippen molar-refractivity contribution < 1.29 is 14.7 Å². The Morgan fingerprint density at radius 3 is 2.00 bits per heavy atom. The average molecular weight is 372 g/mol. The van der Waals surface area contributed by atoms with E-state index in [1.807, 2.05) is 43.3 Å². The Labute approximate surface area is 159 Å². The van der Waals surface area contributed by atoms with E-state index in [2.05, 4.69) is 29.6 Å². The third kappa shape index (κ3) is 6.23. The Morgan fingerprint density at radius 1 is 1.00 bits per heavy atom. The second kappa shape index (κ2) is 10.7. The lowest BCUT2D eigenvalue weighted by Crippen LogP contribution is -2.41. The van der Waals surface area contributed by atoms with Crippen LogP contribution in [0, 0.1) is 0 Å². The molecule has 2 N–H and O–H groups in total. The number of benzene rings is 2. The Kier molecular flexibility index (Phi) is 8.22. The number of carboxylic acids is 1. The van der Waals surface area contributed by atoms with E-state index in [9.17, 15) is 9.59 Å². The van der Waals surface area contributed by atoms with E-state index in [-0.39, 0.29) is 17.6 Å². The lowest BCUT2D eigenvalue weighted by molar-refractivity contribution is -0.141. The summed E-state index contributed by atoms with van der Waals surface area (Å²) in [6.45, 7) is 1.90. The van der Waals surface area contributed by atoms with Crippen molar-refractivity contribution in [1.82, 2.24) is 5.32 Å². The summed E-state index contributed by atoms with van der Waals surface area (Å²) in [6, 6.07) is 19.6. The number of hydrogen-bond acceptors (Lipinski definition) is 3. The number of hydrogen-bond donors (Lipinski definition) is 2. The highest BCUT2D eigenvalue weighted by molar-refractivity contribution is 7.99. The first kappa shape index (κ1) is 20.0. The molecular weight excluding hydrogens is 346 g/mol. The van der Waals surface area contributed by atoms with E-state index < -0.39 is 12.0 Å². The Bertz CT molecular complexity index is 651. The molecule has 0 radical (unpaired) electrons. The van der Waals surface area contributed by atoms with Gasteiger partial charge in [-0.05, 0) is 17.5 Å². The summed E-state index contributed by atoms with van der Waals surface area (Å²) in [5, 5.41) is 11.8. The Balaban J connectivity index is 1.95. The molecule has 0 aliphatic carbocycles. The van der Waals surface area contributed by atoms with Gasteiger partial charge < -0.3 is 10.4 Å². The topological polar surface area (TPSA) is 66.4 Å². The van der Waals surface area contributed by atoms with Crippen LogP contribution in [0.15, 0.2) is 60.7 Å². The van der Waals surface area contributed by atoms with Gasteiger partial charge in [-0.15, -0.1) is 0 Å². The van der Waals surface area contributed by atoms with Gasteiger partial charge in [-0.1, -0.05) is 74.0 Å². The lowest BCUT2D eigenvalue weighted by Gasteiger charge is -2.18. The zero-order chi connectivity index (χ0) is 18.8. The quantitative estimate of drug-likeness (QED) is 0.664. The fourth-order valence-corrected chi connectivity index (χ4v) is 3.81. The van der Waals surface area contributed by atoms with Crippen molar-refractivity contribution >= 4 is 23.6 Å². The second-order valence-electron chi connectivity index (χ2n) is 6.14. The molecule has 1 atom stereocenters. The van der Waals surface area contributed by atoms with Crippen molar-refractivity contribution in [3.8, 4) is 0 Å².